The zero-order chi connectivity index (χ0) is 36.6. The Labute approximate surface area is 292 Å². The van der Waals surface area contributed by atoms with Crippen molar-refractivity contribution in [2.24, 2.45) is 11.8 Å². The fourth-order valence-electron chi connectivity index (χ4n) is 7.14. The summed E-state index contributed by atoms with van der Waals surface area (Å²) in [6.07, 6.45) is -11.6. The van der Waals surface area contributed by atoms with Crippen LogP contribution in [0.1, 0.15) is 26.3 Å². The highest BCUT2D eigenvalue weighted by Crippen LogP contribution is 2.61. The van der Waals surface area contributed by atoms with E-state index in [4.69, 9.17) is 42.6 Å². The maximum atomic E-state index is 12.9. The van der Waals surface area contributed by atoms with Gasteiger partial charge in [-0.15, -0.1) is 0 Å². The summed E-state index contributed by atoms with van der Waals surface area (Å²) in [6, 6.07) is 9.08. The number of aliphatic hydroxyl groups is 5. The number of epoxide rings is 1. The highest BCUT2D eigenvalue weighted by molar-refractivity contribution is 5.87. The second kappa shape index (κ2) is 15.2. The lowest BCUT2D eigenvalue weighted by Gasteiger charge is -2.44. The fourth-order valence-corrected chi connectivity index (χ4v) is 7.14. The molecule has 0 bridgehead atoms. The zero-order valence-corrected chi connectivity index (χ0v) is 27.9. The van der Waals surface area contributed by atoms with E-state index in [1.807, 2.05) is 18.2 Å². The number of hydrogen-bond donors (Lipinski definition) is 5. The van der Waals surface area contributed by atoms with E-state index >= 15 is 0 Å². The molecule has 1 aromatic carbocycles. The van der Waals surface area contributed by atoms with Gasteiger partial charge in [0.15, 0.2) is 24.8 Å². The molecule has 1 aliphatic carbocycles. The molecule has 0 aromatic heterocycles. The summed E-state index contributed by atoms with van der Waals surface area (Å²) in [4.78, 5) is 37.0. The van der Waals surface area contributed by atoms with Crippen molar-refractivity contribution in [2.75, 3.05) is 13.2 Å². The van der Waals surface area contributed by atoms with Crippen molar-refractivity contribution >= 4 is 24.0 Å². The molecule has 5 aliphatic rings. The Morgan fingerprint density at radius 1 is 0.843 bits per heavy atom. The highest BCUT2D eigenvalue weighted by atomic mass is 16.8. The second-order valence-electron chi connectivity index (χ2n) is 13.1. The third-order valence-electron chi connectivity index (χ3n) is 9.66. The van der Waals surface area contributed by atoms with Crippen LogP contribution in [-0.4, -0.2) is 142 Å². The topological polar surface area (TPSA) is 239 Å². The predicted molar refractivity (Wildman–Crippen MR) is 166 cm³/mol. The lowest BCUT2D eigenvalue weighted by molar-refractivity contribution is -0.347. The first-order chi connectivity index (χ1) is 24.3. The first-order valence-electron chi connectivity index (χ1n) is 16.5. The van der Waals surface area contributed by atoms with Gasteiger partial charge in [0.05, 0.1) is 31.0 Å². The van der Waals surface area contributed by atoms with E-state index in [1.165, 1.54) is 19.3 Å². The van der Waals surface area contributed by atoms with Crippen LogP contribution in [0.2, 0.25) is 0 Å². The first-order valence-corrected chi connectivity index (χ1v) is 16.5. The number of carbonyl (C=O) groups excluding carboxylic acids is 3. The number of hydrogen-bond acceptors (Lipinski definition) is 17. The number of fused-ring (bicyclic) bond motifs is 3. The SMILES string of the molecule is CC(=O)O[C@@H]1[C@H](O[C@H]2C3C=COC(O[C@@H]4O[C@H](CO)[C@@H](O)[C@H](O)[C@H]4O)C3[C@@]3(COC(=O)/C=C/c4ccccc4)O[C@@H]23)O[C@H](C)[C@H](O)[C@H]1OC(C)=O. The Balaban J connectivity index is 1.27. The summed E-state index contributed by atoms with van der Waals surface area (Å²) in [7, 11) is 0. The summed E-state index contributed by atoms with van der Waals surface area (Å²) in [6.45, 7) is 2.80. The number of benzene rings is 1. The van der Waals surface area contributed by atoms with Crippen LogP contribution in [0.4, 0.5) is 0 Å². The number of aliphatic hydroxyl groups excluding tert-OH is 5. The predicted octanol–water partition coefficient (Wildman–Crippen LogP) is -1.33. The van der Waals surface area contributed by atoms with Crippen LogP contribution in [0.25, 0.3) is 6.08 Å². The Morgan fingerprint density at radius 2 is 1.55 bits per heavy atom. The van der Waals surface area contributed by atoms with Gasteiger partial charge in [-0.05, 0) is 24.6 Å². The van der Waals surface area contributed by atoms with Crippen molar-refractivity contribution in [3.05, 3.63) is 54.3 Å². The summed E-state index contributed by atoms with van der Waals surface area (Å²) in [5.74, 6) is -3.65. The van der Waals surface area contributed by atoms with Crippen molar-refractivity contribution in [3.63, 3.8) is 0 Å². The van der Waals surface area contributed by atoms with Gasteiger partial charge >= 0.3 is 17.9 Å². The van der Waals surface area contributed by atoms with Gasteiger partial charge in [-0.3, -0.25) is 9.59 Å². The monoisotopic (exact) mass is 722 g/mol. The maximum absolute atomic E-state index is 12.9. The van der Waals surface area contributed by atoms with Gasteiger partial charge in [-0.2, -0.15) is 0 Å². The van der Waals surface area contributed by atoms with E-state index in [0.29, 0.717) is 0 Å². The van der Waals surface area contributed by atoms with Gasteiger partial charge in [-0.1, -0.05) is 30.3 Å². The molecule has 1 saturated carbocycles. The summed E-state index contributed by atoms with van der Waals surface area (Å²) >= 11 is 0. The lowest BCUT2D eigenvalue weighted by atomic mass is 9.85. The van der Waals surface area contributed by atoms with Gasteiger partial charge in [0.25, 0.3) is 0 Å². The van der Waals surface area contributed by atoms with E-state index in [1.54, 1.807) is 24.3 Å². The molecule has 4 heterocycles. The van der Waals surface area contributed by atoms with Gasteiger partial charge in [0.1, 0.15) is 48.8 Å². The van der Waals surface area contributed by atoms with Crippen LogP contribution in [-0.2, 0) is 57.0 Å². The molecule has 4 aliphatic heterocycles. The molecule has 6 rings (SSSR count). The van der Waals surface area contributed by atoms with Crippen molar-refractivity contribution in [3.8, 4) is 0 Å². The Morgan fingerprint density at radius 3 is 2.24 bits per heavy atom. The maximum Gasteiger partial charge on any atom is 0.330 e. The summed E-state index contributed by atoms with van der Waals surface area (Å²) in [5, 5.41) is 51.8. The molecule has 16 atom stereocenters. The minimum absolute atomic E-state index is 0.313. The zero-order valence-electron chi connectivity index (χ0n) is 27.9. The minimum Gasteiger partial charge on any atom is -0.472 e. The molecule has 4 fully saturated rings. The molecule has 280 valence electrons. The fraction of sp³-hybridized carbons (Fsp3) is 0.618. The van der Waals surface area contributed by atoms with Gasteiger partial charge in [0.2, 0.25) is 6.29 Å². The van der Waals surface area contributed by atoms with Gasteiger partial charge in [0, 0.05) is 25.8 Å². The summed E-state index contributed by atoms with van der Waals surface area (Å²) in [5.41, 5.74) is -0.538. The number of carbonyl (C=O) groups is 3. The Bertz CT molecular complexity index is 1470. The average Bonchev–Trinajstić information content (AvgIpc) is 3.77. The molecule has 0 spiro atoms. The highest BCUT2D eigenvalue weighted by Gasteiger charge is 2.78. The third kappa shape index (κ3) is 7.54. The standard InChI is InChI=1S/C34H42O17/c1-15-23(39)28(46-16(2)36)29(47-17(3)37)33(45-15)49-27-19-11-12-43-31(50-32-26(42)25(41)24(40)20(13-35)48-32)22(19)34(30(27)51-34)14-44-21(38)10-9-18-7-5-4-6-8-18/h4-12,15,19-20,22-33,35,39-42H,13-14H2,1-3H3/b10-9+/t15-,19?,20-,22?,23+,24-,25+,26-,27+,28-,29+,30+,31?,32+,33+,34-/m1/s1. The van der Waals surface area contributed by atoms with E-state index in [-0.39, 0.29) is 6.61 Å². The van der Waals surface area contributed by atoms with Gasteiger partial charge < -0.3 is 68.2 Å². The molecule has 0 radical (unpaired) electrons. The van der Waals surface area contributed by atoms with Crippen molar-refractivity contribution in [2.45, 2.75) is 106 Å². The Hall–Kier alpha value is -3.49. The lowest BCUT2D eigenvalue weighted by Crippen LogP contribution is -2.61. The van der Waals surface area contributed by atoms with E-state index in [2.05, 4.69) is 0 Å². The van der Waals surface area contributed by atoms with E-state index in [0.717, 1.165) is 19.4 Å². The van der Waals surface area contributed by atoms with Crippen LogP contribution in [0.3, 0.4) is 0 Å². The Kier molecular flexibility index (Phi) is 11.1. The number of rotatable bonds is 11. The normalized spacial score (nSPS) is 42.7. The van der Waals surface area contributed by atoms with Crippen LogP contribution in [0, 0.1) is 11.8 Å². The average molecular weight is 723 g/mol. The molecule has 51 heavy (non-hydrogen) atoms. The molecule has 3 saturated heterocycles. The number of ether oxygens (including phenoxy) is 9. The molecule has 17 heteroatoms. The molecule has 5 N–H and O–H groups in total. The van der Waals surface area contributed by atoms with E-state index in [9.17, 15) is 39.9 Å². The van der Waals surface area contributed by atoms with Gasteiger partial charge in [-0.25, -0.2) is 4.79 Å². The van der Waals surface area contributed by atoms with E-state index < -0.39 is 122 Å². The molecule has 1 aromatic rings. The quantitative estimate of drug-likeness (QED) is 0.0769. The van der Waals surface area contributed by atoms with Crippen LogP contribution in [0.15, 0.2) is 48.7 Å². The molecule has 17 nitrogen and oxygen atoms in total. The molecule has 3 unspecified atom stereocenters. The smallest absolute Gasteiger partial charge is 0.330 e. The van der Waals surface area contributed by atoms with Crippen LogP contribution >= 0.6 is 0 Å². The third-order valence-corrected chi connectivity index (χ3v) is 9.66. The minimum atomic E-state index is -1.75. The van der Waals surface area contributed by atoms with Crippen LogP contribution < -0.4 is 0 Å². The largest absolute Gasteiger partial charge is 0.472 e. The summed E-state index contributed by atoms with van der Waals surface area (Å²) < 4.78 is 52.5. The van der Waals surface area contributed by atoms with Crippen molar-refractivity contribution in [1.29, 1.82) is 0 Å². The van der Waals surface area contributed by atoms with Crippen molar-refractivity contribution in [1.82, 2.24) is 0 Å². The molecule has 0 amide bonds. The molecular weight excluding hydrogens is 680 g/mol. The second-order valence-corrected chi connectivity index (χ2v) is 13.1. The van der Waals surface area contributed by atoms with Crippen LogP contribution in [0.5, 0.6) is 0 Å². The first kappa shape index (κ1) is 37.3. The number of esters is 3. The molecular formula is C34H42O17. The van der Waals surface area contributed by atoms with Crippen molar-refractivity contribution < 1.29 is 82.5 Å².